The molecule has 2 rings (SSSR count). The third-order valence-corrected chi connectivity index (χ3v) is 4.59. The van der Waals surface area contributed by atoms with E-state index in [4.69, 9.17) is 5.73 Å². The maximum atomic E-state index is 13.2. The molecule has 20 heavy (non-hydrogen) atoms. The second-order valence-electron chi connectivity index (χ2n) is 3.88. The normalized spacial score (nSPS) is 11.7. The van der Waals surface area contributed by atoms with E-state index in [0.717, 1.165) is 12.1 Å². The molecule has 4 N–H and O–H groups in total. The number of nitrogens with one attached hydrogen (secondary N) is 2. The number of hydrogen-bond donors (Lipinski definition) is 3. The molecule has 0 saturated heterocycles. The van der Waals surface area contributed by atoms with Gasteiger partial charge in [0.05, 0.1) is 10.2 Å². The Balaban J connectivity index is 2.12. The zero-order valence-electron chi connectivity index (χ0n) is 10.1. The summed E-state index contributed by atoms with van der Waals surface area (Å²) in [7, 11) is -3.82. The molecule has 10 heteroatoms. The summed E-state index contributed by atoms with van der Waals surface area (Å²) in [4.78, 5) is 3.69. The molecule has 0 fully saturated rings. The quantitative estimate of drug-likeness (QED) is 0.680. The number of nitrogen functional groups attached to an aromatic ring is 1. The lowest BCUT2D eigenvalue weighted by Crippen LogP contribution is -2.27. The van der Waals surface area contributed by atoms with Crippen LogP contribution in [0.15, 0.2) is 27.8 Å². The molecular weight excluding hydrogens is 353 g/mol. The van der Waals surface area contributed by atoms with Gasteiger partial charge in [0.25, 0.3) is 0 Å². The molecule has 0 aliphatic carbocycles. The average molecular weight is 364 g/mol. The highest BCUT2D eigenvalue weighted by Gasteiger charge is 2.19. The topological polar surface area (TPSA) is 114 Å². The number of H-pyrrole nitrogens is 1. The molecule has 0 spiro atoms. The van der Waals surface area contributed by atoms with Crippen LogP contribution in [0.3, 0.4) is 0 Å². The van der Waals surface area contributed by atoms with Gasteiger partial charge in [-0.25, -0.2) is 22.5 Å². The molecule has 0 aliphatic heterocycles. The predicted molar refractivity (Wildman–Crippen MR) is 73.8 cm³/mol. The Bertz CT molecular complexity index is 705. The fourth-order valence-corrected chi connectivity index (χ4v) is 3.17. The first-order chi connectivity index (χ1) is 9.40. The number of nitrogens with two attached hydrogens (primary N) is 1. The van der Waals surface area contributed by atoms with E-state index in [1.54, 1.807) is 0 Å². The van der Waals surface area contributed by atoms with Crippen LogP contribution in [0.5, 0.6) is 0 Å². The number of hydrogen-bond acceptors (Lipinski definition) is 5. The van der Waals surface area contributed by atoms with E-state index in [1.807, 2.05) is 0 Å². The Morgan fingerprint density at radius 1 is 1.45 bits per heavy atom. The molecule has 2 aromatic rings. The number of nitrogens with zero attached hydrogens (tertiary/aromatic N) is 2. The van der Waals surface area contributed by atoms with Crippen LogP contribution >= 0.6 is 15.9 Å². The molecule has 0 atom stereocenters. The lowest BCUT2D eigenvalue weighted by molar-refractivity contribution is 0.580. The van der Waals surface area contributed by atoms with E-state index < -0.39 is 15.8 Å². The number of sulfonamides is 1. The summed E-state index contributed by atoms with van der Waals surface area (Å²) in [5.74, 6) is -0.0657. The minimum absolute atomic E-state index is 0.0299. The minimum Gasteiger partial charge on any atom is -0.398 e. The van der Waals surface area contributed by atoms with Crippen molar-refractivity contribution in [1.29, 1.82) is 0 Å². The van der Waals surface area contributed by atoms with Crippen molar-refractivity contribution in [2.75, 3.05) is 12.3 Å². The third kappa shape index (κ3) is 3.32. The van der Waals surface area contributed by atoms with Crippen molar-refractivity contribution in [2.24, 2.45) is 0 Å². The van der Waals surface area contributed by atoms with Crippen molar-refractivity contribution >= 4 is 31.6 Å². The van der Waals surface area contributed by atoms with Crippen LogP contribution in [-0.4, -0.2) is 30.1 Å². The molecule has 1 aromatic carbocycles. The fraction of sp³-hybridized carbons (Fsp3) is 0.200. The Labute approximate surface area is 123 Å². The summed E-state index contributed by atoms with van der Waals surface area (Å²) in [5, 5.41) is 6.26. The smallest absolute Gasteiger partial charge is 0.242 e. The van der Waals surface area contributed by atoms with Gasteiger partial charge in [-0.1, -0.05) is 0 Å². The molecule has 108 valence electrons. The third-order valence-electron chi connectivity index (χ3n) is 2.46. The number of halogens is 2. The Kier molecular flexibility index (Phi) is 4.35. The molecule has 0 amide bonds. The van der Waals surface area contributed by atoms with Gasteiger partial charge in [0.2, 0.25) is 10.0 Å². The molecule has 0 saturated carbocycles. The standard InChI is InChI=1S/C10H11BrFN5O2S/c11-6-3-9(8(13)4-7(6)12)20(18,19)16-2-1-10-14-5-15-17-10/h3-5,16H,1-2,13H2,(H,14,15,17). The van der Waals surface area contributed by atoms with Gasteiger partial charge in [-0.15, -0.1) is 0 Å². The van der Waals surface area contributed by atoms with Crippen molar-refractivity contribution in [3.05, 3.63) is 34.6 Å². The van der Waals surface area contributed by atoms with Crippen molar-refractivity contribution in [1.82, 2.24) is 19.9 Å². The van der Waals surface area contributed by atoms with Crippen molar-refractivity contribution in [2.45, 2.75) is 11.3 Å². The van der Waals surface area contributed by atoms with Crippen molar-refractivity contribution in [3.8, 4) is 0 Å². The molecule has 1 heterocycles. The maximum absolute atomic E-state index is 13.2. The fourth-order valence-electron chi connectivity index (χ4n) is 1.51. The minimum atomic E-state index is -3.82. The lowest BCUT2D eigenvalue weighted by Gasteiger charge is -2.09. The van der Waals surface area contributed by atoms with Crippen LogP contribution in [0.25, 0.3) is 0 Å². The predicted octanol–water partition coefficient (Wildman–Crippen LogP) is 0.810. The summed E-state index contributed by atoms with van der Waals surface area (Å²) >= 11 is 2.93. The summed E-state index contributed by atoms with van der Waals surface area (Å²) in [6, 6.07) is 2.08. The second kappa shape index (κ2) is 5.85. The second-order valence-corrected chi connectivity index (χ2v) is 6.47. The van der Waals surface area contributed by atoms with Gasteiger partial charge in [0.15, 0.2) is 0 Å². The van der Waals surface area contributed by atoms with Gasteiger partial charge < -0.3 is 5.73 Å². The Morgan fingerprint density at radius 2 is 2.20 bits per heavy atom. The van der Waals surface area contributed by atoms with Crippen LogP contribution in [0.4, 0.5) is 10.1 Å². The first-order valence-electron chi connectivity index (χ1n) is 5.48. The highest BCUT2D eigenvalue weighted by atomic mass is 79.9. The summed E-state index contributed by atoms with van der Waals surface area (Å²) in [5.41, 5.74) is 5.38. The van der Waals surface area contributed by atoms with E-state index >= 15 is 0 Å². The molecule has 1 aromatic heterocycles. The number of benzene rings is 1. The van der Waals surface area contributed by atoms with Gasteiger partial charge >= 0.3 is 0 Å². The number of aromatic amines is 1. The summed E-state index contributed by atoms with van der Waals surface area (Å²) in [6.45, 7) is 0.117. The van der Waals surface area contributed by atoms with Gasteiger partial charge in [0, 0.05) is 13.0 Å². The monoisotopic (exact) mass is 363 g/mol. The average Bonchev–Trinajstić information content (AvgIpc) is 2.86. The van der Waals surface area contributed by atoms with E-state index in [1.165, 1.54) is 6.33 Å². The van der Waals surface area contributed by atoms with Crippen LogP contribution in [-0.2, 0) is 16.4 Å². The molecule has 0 radical (unpaired) electrons. The first-order valence-corrected chi connectivity index (χ1v) is 7.76. The van der Waals surface area contributed by atoms with E-state index in [0.29, 0.717) is 12.2 Å². The Morgan fingerprint density at radius 3 is 2.85 bits per heavy atom. The zero-order chi connectivity index (χ0) is 14.8. The van der Waals surface area contributed by atoms with E-state index in [2.05, 4.69) is 35.8 Å². The zero-order valence-corrected chi connectivity index (χ0v) is 12.5. The van der Waals surface area contributed by atoms with Crippen LogP contribution in [0, 0.1) is 5.82 Å². The molecular formula is C10H11BrFN5O2S. The largest absolute Gasteiger partial charge is 0.398 e. The van der Waals surface area contributed by atoms with Gasteiger partial charge in [-0.3, -0.25) is 5.10 Å². The van der Waals surface area contributed by atoms with Crippen molar-refractivity contribution in [3.63, 3.8) is 0 Å². The Hall–Kier alpha value is -1.52. The highest BCUT2D eigenvalue weighted by molar-refractivity contribution is 9.10. The molecule has 0 unspecified atom stereocenters. The van der Waals surface area contributed by atoms with Crippen LogP contribution in [0.2, 0.25) is 0 Å². The van der Waals surface area contributed by atoms with Gasteiger partial charge in [-0.05, 0) is 28.1 Å². The maximum Gasteiger partial charge on any atom is 0.242 e. The summed E-state index contributed by atoms with van der Waals surface area (Å²) < 4.78 is 39.7. The van der Waals surface area contributed by atoms with Gasteiger partial charge in [0.1, 0.15) is 22.9 Å². The number of anilines is 1. The molecule has 0 aliphatic rings. The van der Waals surface area contributed by atoms with Crippen molar-refractivity contribution < 1.29 is 12.8 Å². The molecule has 0 bridgehead atoms. The highest BCUT2D eigenvalue weighted by Crippen LogP contribution is 2.25. The summed E-state index contributed by atoms with van der Waals surface area (Å²) in [6.07, 6.45) is 1.68. The van der Waals surface area contributed by atoms with E-state index in [-0.39, 0.29) is 21.6 Å². The number of rotatable bonds is 5. The van der Waals surface area contributed by atoms with E-state index in [9.17, 15) is 12.8 Å². The SMILES string of the molecule is Nc1cc(F)c(Br)cc1S(=O)(=O)NCCc1ncn[nH]1. The molecule has 7 nitrogen and oxygen atoms in total. The van der Waals surface area contributed by atoms with Gasteiger partial charge in [-0.2, -0.15) is 5.10 Å². The lowest BCUT2D eigenvalue weighted by atomic mass is 10.3. The first kappa shape index (κ1) is 14.9. The van der Waals surface area contributed by atoms with Crippen LogP contribution in [0.1, 0.15) is 5.82 Å². The number of aromatic nitrogens is 3. The van der Waals surface area contributed by atoms with Crippen LogP contribution < -0.4 is 10.5 Å².